The van der Waals surface area contributed by atoms with Gasteiger partial charge in [-0.05, 0) is 67.9 Å². The molecule has 2 saturated heterocycles. The number of amides is 2. The molecular weight excluding hydrogens is 725 g/mol. The highest BCUT2D eigenvalue weighted by Gasteiger charge is 2.61. The third-order valence-corrected chi connectivity index (χ3v) is 12.5. The first-order valence-corrected chi connectivity index (χ1v) is 19.7. The Bertz CT molecular complexity index is 2130. The number of methoxy groups -OCH3 is 4. The summed E-state index contributed by atoms with van der Waals surface area (Å²) in [7, 11) is 0.982. The van der Waals surface area contributed by atoms with Crippen molar-refractivity contribution in [1.29, 1.82) is 0 Å². The van der Waals surface area contributed by atoms with E-state index in [1.807, 2.05) is 6.07 Å². The van der Waals surface area contributed by atoms with Crippen LogP contribution in [0.1, 0.15) is 29.5 Å². The highest BCUT2D eigenvalue weighted by Crippen LogP contribution is 2.53. The first kappa shape index (κ1) is 38.0. The van der Waals surface area contributed by atoms with Crippen molar-refractivity contribution in [2.75, 3.05) is 72.0 Å². The number of sulfonamides is 1. The van der Waals surface area contributed by atoms with Gasteiger partial charge in [0, 0.05) is 50.4 Å². The summed E-state index contributed by atoms with van der Waals surface area (Å²) < 4.78 is 58.4. The summed E-state index contributed by atoms with van der Waals surface area (Å²) in [5.74, 6) is -0.144. The third-order valence-electron chi connectivity index (χ3n) is 10.8. The Hall–Kier alpha value is -5.31. The second kappa shape index (κ2) is 15.8. The van der Waals surface area contributed by atoms with Crippen LogP contribution in [0.15, 0.2) is 95.9 Å². The lowest BCUT2D eigenvalue weighted by Gasteiger charge is -2.43. The maximum Gasteiger partial charge on any atom is 0.411 e. The maximum absolute atomic E-state index is 15.2. The molecule has 1 atom stereocenters. The molecule has 13 nitrogen and oxygen atoms in total. The first-order valence-electron chi connectivity index (χ1n) is 18.3. The molecule has 14 heteroatoms. The number of carbonyl (C=O) groups excluding carboxylic acids is 2. The van der Waals surface area contributed by atoms with Crippen molar-refractivity contribution in [2.24, 2.45) is 0 Å². The van der Waals surface area contributed by atoms with Crippen molar-refractivity contribution in [3.63, 3.8) is 0 Å². The topological polar surface area (TPSA) is 127 Å². The largest absolute Gasteiger partial charge is 0.497 e. The fourth-order valence-electron chi connectivity index (χ4n) is 7.89. The molecule has 0 saturated carbocycles. The number of fused-ring (bicyclic) bond motifs is 1. The molecule has 0 bridgehead atoms. The average molecular weight is 771 g/mol. The highest BCUT2D eigenvalue weighted by atomic mass is 32.2. The molecule has 3 aliphatic rings. The summed E-state index contributed by atoms with van der Waals surface area (Å²) in [4.78, 5) is 35.8. The molecule has 0 radical (unpaired) electrons. The summed E-state index contributed by atoms with van der Waals surface area (Å²) in [5.41, 5.74) is -0.715. The van der Waals surface area contributed by atoms with Gasteiger partial charge in [0.05, 0.1) is 39.7 Å². The summed E-state index contributed by atoms with van der Waals surface area (Å²) in [6, 6.07) is 26.2. The van der Waals surface area contributed by atoms with Gasteiger partial charge in [-0.15, -0.1) is 0 Å². The molecule has 3 heterocycles. The Labute approximate surface area is 321 Å². The number of carbonyl (C=O) groups is 2. The second-order valence-electron chi connectivity index (χ2n) is 13.7. The van der Waals surface area contributed by atoms with Crippen LogP contribution in [-0.2, 0) is 31.7 Å². The fraction of sp³-hybridized carbons (Fsp3) is 0.366. The third kappa shape index (κ3) is 7.05. The monoisotopic (exact) mass is 770 g/mol. The van der Waals surface area contributed by atoms with Gasteiger partial charge in [-0.3, -0.25) is 14.6 Å². The number of nitrogens with zero attached hydrogens (tertiary/aromatic N) is 4. The Morgan fingerprint density at radius 3 is 2.02 bits per heavy atom. The number of rotatable bonds is 11. The van der Waals surface area contributed by atoms with Crippen LogP contribution >= 0.6 is 0 Å². The molecule has 2 amide bonds. The average Bonchev–Trinajstić information content (AvgIpc) is 3.48. The molecule has 1 unspecified atom stereocenters. The molecular formula is C41H46N4O9S. The summed E-state index contributed by atoms with van der Waals surface area (Å²) in [6.07, 6.45) is 1.31. The van der Waals surface area contributed by atoms with Gasteiger partial charge in [0.1, 0.15) is 27.9 Å². The first-order chi connectivity index (χ1) is 26.6. The Morgan fingerprint density at radius 2 is 1.35 bits per heavy atom. The van der Waals surface area contributed by atoms with Crippen molar-refractivity contribution in [3.05, 3.63) is 108 Å². The minimum absolute atomic E-state index is 0.00852. The number of piperazine rings is 1. The fourth-order valence-corrected chi connectivity index (χ4v) is 9.49. The predicted octanol–water partition coefficient (Wildman–Crippen LogP) is 5.12. The van der Waals surface area contributed by atoms with Gasteiger partial charge in [-0.25, -0.2) is 13.2 Å². The van der Waals surface area contributed by atoms with Gasteiger partial charge < -0.3 is 28.6 Å². The standard InChI is InChI=1S/C41H46N4O9S/c1-50-31-14-16-35-34(26-31)41(33-12-8-9-13-36(33)52-3,39(46)45(35)55(48,49)38-17-15-32(51-2)27-37(38)53-4)54-40(47)44-24-22-43(23-25-44)30-18-20-42(21-19-30)28-29-10-6-5-7-11-29/h5-17,26-27,30H,18-25,28H2,1-4H3. The summed E-state index contributed by atoms with van der Waals surface area (Å²) >= 11 is 0. The van der Waals surface area contributed by atoms with Crippen LogP contribution in [0.25, 0.3) is 0 Å². The number of para-hydroxylation sites is 1. The predicted molar refractivity (Wildman–Crippen MR) is 205 cm³/mol. The van der Waals surface area contributed by atoms with Crippen molar-refractivity contribution in [2.45, 2.75) is 35.9 Å². The number of ether oxygens (including phenoxy) is 5. The minimum Gasteiger partial charge on any atom is -0.497 e. The van der Waals surface area contributed by atoms with Gasteiger partial charge in [-0.1, -0.05) is 48.5 Å². The van der Waals surface area contributed by atoms with Gasteiger partial charge in [0.25, 0.3) is 15.9 Å². The zero-order chi connectivity index (χ0) is 38.7. The van der Waals surface area contributed by atoms with Crippen molar-refractivity contribution < 1.29 is 41.7 Å². The van der Waals surface area contributed by atoms with Crippen molar-refractivity contribution >= 4 is 27.7 Å². The molecule has 7 rings (SSSR count). The van der Waals surface area contributed by atoms with Crippen LogP contribution in [0.4, 0.5) is 10.5 Å². The molecule has 0 N–H and O–H groups in total. The number of hydrogen-bond acceptors (Lipinski definition) is 11. The maximum atomic E-state index is 15.2. The van der Waals surface area contributed by atoms with Gasteiger partial charge >= 0.3 is 6.09 Å². The van der Waals surface area contributed by atoms with E-state index in [9.17, 15) is 13.2 Å². The van der Waals surface area contributed by atoms with Crippen LogP contribution in [0.2, 0.25) is 0 Å². The molecule has 4 aromatic carbocycles. The van der Waals surface area contributed by atoms with E-state index in [0.29, 0.717) is 48.0 Å². The molecule has 3 aliphatic heterocycles. The van der Waals surface area contributed by atoms with Crippen LogP contribution in [0, 0.1) is 0 Å². The highest BCUT2D eigenvalue weighted by molar-refractivity contribution is 7.93. The number of likely N-dealkylation sites (tertiary alicyclic amines) is 1. The Morgan fingerprint density at radius 1 is 0.709 bits per heavy atom. The lowest BCUT2D eigenvalue weighted by atomic mass is 9.86. The molecule has 0 aromatic heterocycles. The summed E-state index contributed by atoms with van der Waals surface area (Å²) in [6.45, 7) is 4.93. The second-order valence-corrected chi connectivity index (χ2v) is 15.5. The normalized spacial score (nSPS) is 19.5. The molecule has 0 aliphatic carbocycles. The molecule has 290 valence electrons. The van der Waals surface area contributed by atoms with E-state index >= 15 is 4.79 Å². The lowest BCUT2D eigenvalue weighted by molar-refractivity contribution is -0.132. The van der Waals surface area contributed by atoms with E-state index in [1.54, 1.807) is 35.2 Å². The smallest absolute Gasteiger partial charge is 0.411 e. The van der Waals surface area contributed by atoms with Crippen LogP contribution in [0.5, 0.6) is 23.0 Å². The van der Waals surface area contributed by atoms with E-state index in [0.717, 1.165) is 32.5 Å². The Balaban J connectivity index is 1.18. The lowest BCUT2D eigenvalue weighted by Crippen LogP contribution is -2.56. The van der Waals surface area contributed by atoms with Crippen molar-refractivity contribution in [1.82, 2.24) is 14.7 Å². The Kier molecular flexibility index (Phi) is 10.9. The van der Waals surface area contributed by atoms with Crippen molar-refractivity contribution in [3.8, 4) is 23.0 Å². The zero-order valence-electron chi connectivity index (χ0n) is 31.5. The minimum atomic E-state index is -4.68. The van der Waals surface area contributed by atoms with Gasteiger partial charge in [-0.2, -0.15) is 4.31 Å². The van der Waals surface area contributed by atoms with E-state index in [1.165, 1.54) is 64.3 Å². The zero-order valence-corrected chi connectivity index (χ0v) is 32.3. The van der Waals surface area contributed by atoms with E-state index in [2.05, 4.69) is 34.1 Å². The van der Waals surface area contributed by atoms with Gasteiger partial charge in [0.15, 0.2) is 0 Å². The number of benzene rings is 4. The molecule has 0 spiro atoms. The van der Waals surface area contributed by atoms with Gasteiger partial charge in [0.2, 0.25) is 5.60 Å². The quantitative estimate of drug-likeness (QED) is 0.202. The summed E-state index contributed by atoms with van der Waals surface area (Å²) in [5, 5.41) is 0. The van der Waals surface area contributed by atoms with E-state index in [-0.39, 0.29) is 33.2 Å². The molecule has 55 heavy (non-hydrogen) atoms. The van der Waals surface area contributed by atoms with Crippen LogP contribution in [-0.4, -0.2) is 109 Å². The van der Waals surface area contributed by atoms with E-state index < -0.39 is 27.6 Å². The molecule has 4 aromatic rings. The number of hydrogen-bond donors (Lipinski definition) is 0. The van der Waals surface area contributed by atoms with E-state index in [4.69, 9.17) is 23.7 Å². The number of piperidine rings is 1. The van der Waals surface area contributed by atoms with Crippen LogP contribution < -0.4 is 23.3 Å². The van der Waals surface area contributed by atoms with Crippen LogP contribution in [0.3, 0.4) is 0 Å². The SMILES string of the molecule is COc1ccc(S(=O)(=O)N2C(=O)C(OC(=O)N3CCN(C4CCN(Cc5ccccc5)CC4)CC3)(c3ccccc3OC)c3cc(OC)ccc32)c(OC)c1. The number of anilines is 1. The molecule has 2 fully saturated rings.